The number of nitrogens with one attached hydrogen (secondary N) is 1. The number of fused-ring (bicyclic) bond motifs is 2. The molecule has 1 heterocycles. The van der Waals surface area contributed by atoms with Crippen molar-refractivity contribution in [3.63, 3.8) is 0 Å². The fourth-order valence-corrected chi connectivity index (χ4v) is 3.74. The summed E-state index contributed by atoms with van der Waals surface area (Å²) in [7, 11) is 0. The Balaban J connectivity index is 1.15. The second-order valence-electron chi connectivity index (χ2n) is 7.75. The van der Waals surface area contributed by atoms with Crippen molar-refractivity contribution in [1.29, 1.82) is 0 Å². The van der Waals surface area contributed by atoms with Gasteiger partial charge in [-0.25, -0.2) is 5.43 Å². The van der Waals surface area contributed by atoms with Crippen molar-refractivity contribution in [3.05, 3.63) is 101 Å². The van der Waals surface area contributed by atoms with Crippen LogP contribution >= 0.6 is 11.6 Å². The van der Waals surface area contributed by atoms with Crippen molar-refractivity contribution in [2.75, 3.05) is 6.61 Å². The Morgan fingerprint density at radius 2 is 1.71 bits per heavy atom. The van der Waals surface area contributed by atoms with E-state index < -0.39 is 6.10 Å². The van der Waals surface area contributed by atoms with Crippen molar-refractivity contribution < 1.29 is 19.0 Å². The number of hydrogen-bond donors (Lipinski definition) is 1. The van der Waals surface area contributed by atoms with E-state index in [1.54, 1.807) is 6.21 Å². The zero-order valence-corrected chi connectivity index (χ0v) is 18.9. The smallest absolute Gasteiger partial charge is 0.284 e. The maximum Gasteiger partial charge on any atom is 0.284 e. The van der Waals surface area contributed by atoms with E-state index in [2.05, 4.69) is 10.5 Å². The highest BCUT2D eigenvalue weighted by Gasteiger charge is 2.27. The minimum absolute atomic E-state index is 0.115. The summed E-state index contributed by atoms with van der Waals surface area (Å²) < 4.78 is 17.4. The molecule has 1 atom stereocenters. The van der Waals surface area contributed by atoms with Gasteiger partial charge in [0.1, 0.15) is 19.0 Å². The van der Waals surface area contributed by atoms with Gasteiger partial charge in [0.15, 0.2) is 11.5 Å². The van der Waals surface area contributed by atoms with Crippen LogP contribution in [0, 0.1) is 0 Å². The number of carbonyl (C=O) groups excluding carboxylic acids is 1. The van der Waals surface area contributed by atoms with Crippen LogP contribution in [0.25, 0.3) is 10.8 Å². The first-order valence-corrected chi connectivity index (χ1v) is 11.1. The third-order valence-corrected chi connectivity index (χ3v) is 5.75. The van der Waals surface area contributed by atoms with E-state index in [1.807, 2.05) is 84.9 Å². The van der Waals surface area contributed by atoms with Gasteiger partial charge < -0.3 is 14.2 Å². The lowest BCUT2D eigenvalue weighted by atomic mass is 10.1. The molecule has 0 aliphatic carbocycles. The van der Waals surface area contributed by atoms with Crippen LogP contribution in [-0.2, 0) is 11.4 Å². The molecule has 0 radical (unpaired) electrons. The number of benzene rings is 4. The fourth-order valence-electron chi connectivity index (χ4n) is 3.55. The lowest BCUT2D eigenvalue weighted by Crippen LogP contribution is -2.42. The van der Waals surface area contributed by atoms with Crippen LogP contribution in [-0.4, -0.2) is 24.8 Å². The predicted octanol–water partition coefficient (Wildman–Crippen LogP) is 5.36. The Bertz CT molecular complexity index is 1350. The Kier molecular flexibility index (Phi) is 6.31. The van der Waals surface area contributed by atoms with E-state index in [9.17, 15) is 4.79 Å². The molecule has 1 amide bonds. The lowest BCUT2D eigenvalue weighted by molar-refractivity contribution is -0.130. The van der Waals surface area contributed by atoms with Gasteiger partial charge in [0.25, 0.3) is 5.91 Å². The van der Waals surface area contributed by atoms with Gasteiger partial charge in [0, 0.05) is 10.6 Å². The molecule has 6 nitrogen and oxygen atoms in total. The Morgan fingerprint density at radius 1 is 1.00 bits per heavy atom. The first-order chi connectivity index (χ1) is 16.7. The summed E-state index contributed by atoms with van der Waals surface area (Å²) in [5.41, 5.74) is 4.24. The molecule has 1 aliphatic rings. The maximum atomic E-state index is 12.5. The normalized spacial score (nSPS) is 14.8. The van der Waals surface area contributed by atoms with Crippen molar-refractivity contribution in [2.24, 2.45) is 5.10 Å². The van der Waals surface area contributed by atoms with Crippen LogP contribution in [0.5, 0.6) is 17.2 Å². The molecule has 0 aromatic heterocycles. The Morgan fingerprint density at radius 3 is 2.47 bits per heavy atom. The summed E-state index contributed by atoms with van der Waals surface area (Å²) in [5, 5.41) is 6.78. The maximum absolute atomic E-state index is 12.5. The molecule has 1 unspecified atom stereocenters. The van der Waals surface area contributed by atoms with Gasteiger partial charge in [-0.05, 0) is 58.8 Å². The minimum atomic E-state index is -0.786. The molecule has 1 N–H and O–H groups in total. The highest BCUT2D eigenvalue weighted by molar-refractivity contribution is 6.31. The molecule has 0 saturated heterocycles. The van der Waals surface area contributed by atoms with E-state index in [0.29, 0.717) is 28.9 Å². The zero-order valence-electron chi connectivity index (χ0n) is 18.1. The summed E-state index contributed by atoms with van der Waals surface area (Å²) in [5.74, 6) is 1.50. The van der Waals surface area contributed by atoms with Gasteiger partial charge >= 0.3 is 0 Å². The molecule has 0 saturated carbocycles. The number of carbonyl (C=O) groups is 1. The predicted molar refractivity (Wildman–Crippen MR) is 132 cm³/mol. The molecule has 4 aromatic carbocycles. The van der Waals surface area contributed by atoms with E-state index in [1.165, 1.54) is 0 Å². The number of rotatable bonds is 6. The lowest BCUT2D eigenvalue weighted by Gasteiger charge is -2.25. The monoisotopic (exact) mass is 472 g/mol. The average Bonchev–Trinajstić information content (AvgIpc) is 2.87. The quantitative estimate of drug-likeness (QED) is 0.303. The summed E-state index contributed by atoms with van der Waals surface area (Å²) in [4.78, 5) is 12.5. The minimum Gasteiger partial charge on any atom is -0.489 e. The Labute approximate surface area is 201 Å². The van der Waals surface area contributed by atoms with Gasteiger partial charge in [-0.2, -0.15) is 5.10 Å². The molecule has 1 aliphatic heterocycles. The van der Waals surface area contributed by atoms with Gasteiger partial charge in [-0.1, -0.05) is 54.1 Å². The topological polar surface area (TPSA) is 69.2 Å². The highest BCUT2D eigenvalue weighted by Crippen LogP contribution is 2.35. The first-order valence-electron chi connectivity index (χ1n) is 10.8. The zero-order chi connectivity index (χ0) is 23.3. The largest absolute Gasteiger partial charge is 0.489 e. The third-order valence-electron chi connectivity index (χ3n) is 5.38. The van der Waals surface area contributed by atoms with E-state index >= 15 is 0 Å². The van der Waals surface area contributed by atoms with E-state index in [4.69, 9.17) is 25.8 Å². The van der Waals surface area contributed by atoms with Gasteiger partial charge in [0.05, 0.1) is 6.21 Å². The molecule has 0 spiro atoms. The van der Waals surface area contributed by atoms with Crippen molar-refractivity contribution in [2.45, 2.75) is 12.7 Å². The number of amides is 1. The van der Waals surface area contributed by atoms with Crippen LogP contribution in [0.1, 0.15) is 11.1 Å². The summed E-state index contributed by atoms with van der Waals surface area (Å²) >= 11 is 6.15. The number of hydrazone groups is 1. The van der Waals surface area contributed by atoms with Gasteiger partial charge in [-0.3, -0.25) is 4.79 Å². The van der Waals surface area contributed by atoms with Gasteiger partial charge in [0.2, 0.25) is 6.10 Å². The highest BCUT2D eigenvalue weighted by atomic mass is 35.5. The fraction of sp³-hybridized carbons (Fsp3) is 0.111. The third kappa shape index (κ3) is 4.97. The number of hydrogen-bond acceptors (Lipinski definition) is 5. The van der Waals surface area contributed by atoms with Crippen LogP contribution in [0.4, 0.5) is 0 Å². The molecule has 0 bridgehead atoms. The molecule has 5 rings (SSSR count). The number of nitrogens with zero attached hydrogens (tertiary/aromatic N) is 1. The van der Waals surface area contributed by atoms with Crippen LogP contribution in [0.3, 0.4) is 0 Å². The van der Waals surface area contributed by atoms with Crippen molar-refractivity contribution in [1.82, 2.24) is 5.43 Å². The van der Waals surface area contributed by atoms with Crippen LogP contribution in [0.2, 0.25) is 5.02 Å². The first kappa shape index (κ1) is 21.8. The molecule has 170 valence electrons. The van der Waals surface area contributed by atoms with Crippen molar-refractivity contribution in [3.8, 4) is 17.2 Å². The second-order valence-corrected chi connectivity index (χ2v) is 8.15. The summed E-state index contributed by atoms with van der Waals surface area (Å²) in [6.07, 6.45) is 0.771. The van der Waals surface area contributed by atoms with E-state index in [-0.39, 0.29) is 12.5 Å². The van der Waals surface area contributed by atoms with Crippen LogP contribution in [0.15, 0.2) is 90.0 Å². The van der Waals surface area contributed by atoms with Crippen molar-refractivity contribution >= 4 is 34.5 Å². The molecular formula is C27H21ClN2O4. The summed E-state index contributed by atoms with van der Waals surface area (Å²) in [6, 6.07) is 26.6. The van der Waals surface area contributed by atoms with E-state index in [0.717, 1.165) is 21.9 Å². The molecule has 0 fully saturated rings. The molecule has 7 heteroatoms. The molecule has 34 heavy (non-hydrogen) atoms. The molecule has 4 aromatic rings. The number of ether oxygens (including phenoxy) is 3. The number of halogens is 1. The standard InChI is InChI=1S/C27H21ClN2O4/c28-23-8-4-3-7-21(23)16-32-22-11-9-18(10-12-22)15-29-30-27(31)26-17-33-24-13-19-5-1-2-6-20(19)14-25(24)34-26/h1-15,26H,16-17H2,(H,30,31). The summed E-state index contributed by atoms with van der Waals surface area (Å²) in [6.45, 7) is 0.496. The molecular weight excluding hydrogens is 452 g/mol. The van der Waals surface area contributed by atoms with Gasteiger partial charge in [-0.15, -0.1) is 0 Å². The second kappa shape index (κ2) is 9.85. The van der Waals surface area contributed by atoms with Crippen LogP contribution < -0.4 is 19.6 Å². The average molecular weight is 473 g/mol. The Hall–Kier alpha value is -4.03. The SMILES string of the molecule is O=C(NN=Cc1ccc(OCc2ccccc2Cl)cc1)C1COc2cc3ccccc3cc2O1.